The minimum absolute atomic E-state index is 0.305. The summed E-state index contributed by atoms with van der Waals surface area (Å²) in [5.74, 6) is 1.79. The lowest BCUT2D eigenvalue weighted by Gasteiger charge is -2.36. The molecule has 1 aromatic rings. The van der Waals surface area contributed by atoms with Gasteiger partial charge in [0.25, 0.3) is 0 Å². The van der Waals surface area contributed by atoms with E-state index >= 15 is 0 Å². The number of hydrogen-bond acceptors (Lipinski definition) is 3. The van der Waals surface area contributed by atoms with Gasteiger partial charge in [-0.1, -0.05) is 26.0 Å². The summed E-state index contributed by atoms with van der Waals surface area (Å²) in [5, 5.41) is 0. The highest BCUT2D eigenvalue weighted by molar-refractivity contribution is 7.98. The van der Waals surface area contributed by atoms with Gasteiger partial charge in [-0.05, 0) is 29.9 Å². The summed E-state index contributed by atoms with van der Waals surface area (Å²) in [6.07, 6.45) is 2.72. The first-order valence-corrected chi connectivity index (χ1v) is 9.13. The fraction of sp³-hybridized carbons (Fsp3) is 0.588. The average Bonchev–Trinajstić information content (AvgIpc) is 2.53. The molecule has 1 aliphatic rings. The van der Waals surface area contributed by atoms with Crippen LogP contribution in [0.1, 0.15) is 31.7 Å². The van der Waals surface area contributed by atoms with Crippen LogP contribution in [-0.4, -0.2) is 49.0 Å². The Morgan fingerprint density at radius 2 is 1.95 bits per heavy atom. The lowest BCUT2D eigenvalue weighted by Crippen LogP contribution is -2.48. The van der Waals surface area contributed by atoms with Gasteiger partial charge in [0.15, 0.2) is 0 Å². The molecule has 1 heterocycles. The Morgan fingerprint density at radius 3 is 2.57 bits per heavy atom. The van der Waals surface area contributed by atoms with E-state index in [-0.39, 0.29) is 0 Å². The SMILES string of the molecule is CSCCC(=O)N1CCN(c2cccc(C(C)C)c2)CC1. The van der Waals surface area contributed by atoms with Gasteiger partial charge in [-0.15, -0.1) is 0 Å². The highest BCUT2D eigenvalue weighted by Crippen LogP contribution is 2.22. The first-order valence-electron chi connectivity index (χ1n) is 7.73. The second kappa shape index (κ2) is 7.74. The van der Waals surface area contributed by atoms with E-state index in [1.807, 2.05) is 11.2 Å². The predicted molar refractivity (Wildman–Crippen MR) is 92.3 cm³/mol. The standard InChI is InChI=1S/C17H26N2OS/c1-14(2)15-5-4-6-16(13-15)18-8-10-19(11-9-18)17(20)7-12-21-3/h4-6,13-14H,7-12H2,1-3H3. The van der Waals surface area contributed by atoms with Gasteiger partial charge in [-0.3, -0.25) is 4.79 Å². The zero-order valence-electron chi connectivity index (χ0n) is 13.3. The first-order chi connectivity index (χ1) is 10.1. The van der Waals surface area contributed by atoms with Crippen LogP contribution >= 0.6 is 11.8 Å². The molecule has 21 heavy (non-hydrogen) atoms. The normalized spacial score (nSPS) is 15.6. The van der Waals surface area contributed by atoms with Crippen molar-refractivity contribution in [1.29, 1.82) is 0 Å². The molecule has 2 rings (SSSR count). The minimum Gasteiger partial charge on any atom is -0.368 e. The third-order valence-corrected chi connectivity index (χ3v) is 4.67. The summed E-state index contributed by atoms with van der Waals surface area (Å²) in [4.78, 5) is 16.4. The number of thioether (sulfide) groups is 1. The van der Waals surface area contributed by atoms with Crippen LogP contribution in [-0.2, 0) is 4.79 Å². The molecule has 3 nitrogen and oxygen atoms in total. The lowest BCUT2D eigenvalue weighted by atomic mass is 10.0. The van der Waals surface area contributed by atoms with Gasteiger partial charge in [-0.25, -0.2) is 0 Å². The maximum absolute atomic E-state index is 12.0. The molecule has 0 radical (unpaired) electrons. The Morgan fingerprint density at radius 1 is 1.24 bits per heavy atom. The summed E-state index contributed by atoms with van der Waals surface area (Å²) in [6, 6.07) is 8.80. The summed E-state index contributed by atoms with van der Waals surface area (Å²) in [7, 11) is 0. The summed E-state index contributed by atoms with van der Waals surface area (Å²) in [6.45, 7) is 8.01. The van der Waals surface area contributed by atoms with Crippen molar-refractivity contribution in [2.75, 3.05) is 43.1 Å². The Kier molecular flexibility index (Phi) is 5.97. The topological polar surface area (TPSA) is 23.6 Å². The molecule has 0 N–H and O–H groups in total. The molecular weight excluding hydrogens is 280 g/mol. The number of anilines is 1. The molecule has 4 heteroatoms. The van der Waals surface area contributed by atoms with E-state index < -0.39 is 0 Å². The third-order valence-electron chi connectivity index (χ3n) is 4.05. The average molecular weight is 306 g/mol. The van der Waals surface area contributed by atoms with Crippen molar-refractivity contribution in [3.8, 4) is 0 Å². The van der Waals surface area contributed by atoms with Crippen LogP contribution in [0.4, 0.5) is 5.69 Å². The Labute approximate surface area is 132 Å². The largest absolute Gasteiger partial charge is 0.368 e. The smallest absolute Gasteiger partial charge is 0.223 e. The molecule has 0 atom stereocenters. The number of amides is 1. The Bertz CT molecular complexity index is 468. The molecule has 0 spiro atoms. The van der Waals surface area contributed by atoms with Gasteiger partial charge in [-0.2, -0.15) is 11.8 Å². The number of hydrogen-bond donors (Lipinski definition) is 0. The quantitative estimate of drug-likeness (QED) is 0.834. The first kappa shape index (κ1) is 16.2. The van der Waals surface area contributed by atoms with Crippen LogP contribution in [0.3, 0.4) is 0 Å². The highest BCUT2D eigenvalue weighted by Gasteiger charge is 2.21. The molecule has 1 saturated heterocycles. The van der Waals surface area contributed by atoms with E-state index in [1.54, 1.807) is 11.8 Å². The highest BCUT2D eigenvalue weighted by atomic mass is 32.2. The van der Waals surface area contributed by atoms with Crippen molar-refractivity contribution in [2.24, 2.45) is 0 Å². The lowest BCUT2D eigenvalue weighted by molar-refractivity contribution is -0.131. The molecule has 0 saturated carbocycles. The molecule has 1 aliphatic heterocycles. The van der Waals surface area contributed by atoms with Crippen LogP contribution in [0.25, 0.3) is 0 Å². The zero-order chi connectivity index (χ0) is 15.2. The fourth-order valence-corrected chi connectivity index (χ4v) is 3.02. The fourth-order valence-electron chi connectivity index (χ4n) is 2.64. The maximum atomic E-state index is 12.0. The van der Waals surface area contributed by atoms with Crippen molar-refractivity contribution >= 4 is 23.4 Å². The molecule has 0 bridgehead atoms. The summed E-state index contributed by atoms with van der Waals surface area (Å²) < 4.78 is 0. The van der Waals surface area contributed by atoms with E-state index in [0.717, 1.165) is 31.9 Å². The van der Waals surface area contributed by atoms with Gasteiger partial charge < -0.3 is 9.80 Å². The second-order valence-corrected chi connectivity index (χ2v) is 6.85. The Balaban J connectivity index is 1.92. The molecular formula is C17H26N2OS. The van der Waals surface area contributed by atoms with Gasteiger partial charge in [0.1, 0.15) is 0 Å². The van der Waals surface area contributed by atoms with E-state index in [2.05, 4.69) is 43.0 Å². The molecule has 0 unspecified atom stereocenters. The number of carbonyl (C=O) groups is 1. The van der Waals surface area contributed by atoms with E-state index in [1.165, 1.54) is 11.3 Å². The van der Waals surface area contributed by atoms with E-state index in [9.17, 15) is 4.79 Å². The van der Waals surface area contributed by atoms with E-state index in [4.69, 9.17) is 0 Å². The van der Waals surface area contributed by atoms with Crippen molar-refractivity contribution < 1.29 is 4.79 Å². The maximum Gasteiger partial charge on any atom is 0.223 e. The summed E-state index contributed by atoms with van der Waals surface area (Å²) in [5.41, 5.74) is 2.67. The number of benzene rings is 1. The van der Waals surface area contributed by atoms with Crippen molar-refractivity contribution in [2.45, 2.75) is 26.2 Å². The van der Waals surface area contributed by atoms with Crippen LogP contribution in [0.2, 0.25) is 0 Å². The second-order valence-electron chi connectivity index (χ2n) is 5.86. The zero-order valence-corrected chi connectivity index (χ0v) is 14.2. The predicted octanol–water partition coefficient (Wildman–Crippen LogP) is 3.21. The van der Waals surface area contributed by atoms with E-state index in [0.29, 0.717) is 18.2 Å². The van der Waals surface area contributed by atoms with Crippen LogP contribution in [0.15, 0.2) is 24.3 Å². The summed E-state index contributed by atoms with van der Waals surface area (Å²) >= 11 is 1.74. The molecule has 1 aromatic carbocycles. The Hall–Kier alpha value is -1.16. The molecule has 1 amide bonds. The van der Waals surface area contributed by atoms with Gasteiger partial charge in [0.2, 0.25) is 5.91 Å². The van der Waals surface area contributed by atoms with Crippen LogP contribution in [0, 0.1) is 0 Å². The van der Waals surface area contributed by atoms with Crippen LogP contribution < -0.4 is 4.90 Å². The number of rotatable bonds is 5. The van der Waals surface area contributed by atoms with Gasteiger partial charge in [0.05, 0.1) is 0 Å². The van der Waals surface area contributed by atoms with Crippen molar-refractivity contribution in [1.82, 2.24) is 4.90 Å². The van der Waals surface area contributed by atoms with Crippen molar-refractivity contribution in [3.05, 3.63) is 29.8 Å². The van der Waals surface area contributed by atoms with Crippen LogP contribution in [0.5, 0.6) is 0 Å². The molecule has 1 fully saturated rings. The molecule has 0 aliphatic carbocycles. The third kappa shape index (κ3) is 4.40. The monoisotopic (exact) mass is 306 g/mol. The molecule has 116 valence electrons. The number of carbonyl (C=O) groups excluding carboxylic acids is 1. The van der Waals surface area contributed by atoms with Gasteiger partial charge >= 0.3 is 0 Å². The van der Waals surface area contributed by atoms with Gasteiger partial charge in [0, 0.05) is 44.0 Å². The van der Waals surface area contributed by atoms with Crippen molar-refractivity contribution in [3.63, 3.8) is 0 Å². The molecule has 0 aromatic heterocycles. The minimum atomic E-state index is 0.305. The number of piperazine rings is 1. The number of nitrogens with zero attached hydrogens (tertiary/aromatic N) is 2.